The molecular weight excluding hydrogens is 300 g/mol. The molecule has 1 aliphatic rings. The van der Waals surface area contributed by atoms with Gasteiger partial charge in [-0.15, -0.1) is 0 Å². The van der Waals surface area contributed by atoms with Crippen LogP contribution in [0.2, 0.25) is 0 Å². The summed E-state index contributed by atoms with van der Waals surface area (Å²) in [6.07, 6.45) is 12.0. The van der Waals surface area contributed by atoms with Crippen molar-refractivity contribution < 1.29 is 4.74 Å². The molecule has 0 saturated carbocycles. The summed E-state index contributed by atoms with van der Waals surface area (Å²) in [5, 5.41) is 0. The quantitative estimate of drug-likeness (QED) is 0.787. The summed E-state index contributed by atoms with van der Waals surface area (Å²) in [6, 6.07) is 2.08. The van der Waals surface area contributed by atoms with E-state index < -0.39 is 0 Å². The second kappa shape index (κ2) is 5.67. The van der Waals surface area contributed by atoms with Gasteiger partial charge in [-0.3, -0.25) is 0 Å². The molecule has 122 valence electrons. The zero-order valence-corrected chi connectivity index (χ0v) is 14.1. The molecule has 0 bridgehead atoms. The van der Waals surface area contributed by atoms with Crippen LogP contribution >= 0.6 is 0 Å². The molecule has 0 saturated heterocycles. The molecule has 0 aromatic carbocycles. The van der Waals surface area contributed by atoms with E-state index in [0.717, 1.165) is 41.2 Å². The summed E-state index contributed by atoms with van der Waals surface area (Å²) in [4.78, 5) is 12.4. The summed E-state index contributed by atoms with van der Waals surface area (Å²) in [5.74, 6) is 0.908. The van der Waals surface area contributed by atoms with Gasteiger partial charge in [0.2, 0.25) is 0 Å². The van der Waals surface area contributed by atoms with Gasteiger partial charge < -0.3 is 14.3 Å². The molecule has 0 fully saturated rings. The van der Waals surface area contributed by atoms with Crippen LogP contribution in [0.25, 0.3) is 22.4 Å². The highest BCUT2D eigenvalue weighted by Crippen LogP contribution is 2.31. The molecule has 1 N–H and O–H groups in total. The number of aromatic amines is 1. The lowest BCUT2D eigenvalue weighted by atomic mass is 10.0. The highest BCUT2D eigenvalue weighted by Gasteiger charge is 2.17. The fraction of sp³-hybridized carbons (Fsp3) is 0.263. The molecule has 0 aliphatic heterocycles. The summed E-state index contributed by atoms with van der Waals surface area (Å²) in [6.45, 7) is 1.96. The summed E-state index contributed by atoms with van der Waals surface area (Å²) in [5.41, 5.74) is 7.56. The van der Waals surface area contributed by atoms with Crippen LogP contribution < -0.4 is 0 Å². The van der Waals surface area contributed by atoms with Crippen LogP contribution in [0, 0.1) is 6.92 Å². The number of aromatic nitrogens is 4. The Bertz CT molecular complexity index is 975. The minimum atomic E-state index is 0.826. The van der Waals surface area contributed by atoms with Gasteiger partial charge in [0.1, 0.15) is 11.3 Å². The van der Waals surface area contributed by atoms with Crippen molar-refractivity contribution in [2.45, 2.75) is 19.8 Å². The van der Waals surface area contributed by atoms with Crippen molar-refractivity contribution >= 4 is 11.2 Å². The van der Waals surface area contributed by atoms with Gasteiger partial charge in [-0.1, -0.05) is 6.08 Å². The Labute approximate surface area is 140 Å². The fourth-order valence-electron chi connectivity index (χ4n) is 3.29. The largest absolute Gasteiger partial charge is 0.497 e. The van der Waals surface area contributed by atoms with E-state index in [4.69, 9.17) is 4.74 Å². The van der Waals surface area contributed by atoms with Crippen molar-refractivity contribution in [3.63, 3.8) is 0 Å². The maximum atomic E-state index is 5.39. The topological polar surface area (TPSA) is 55.7 Å². The number of nitrogens with one attached hydrogen (secondary N) is 1. The molecule has 0 unspecified atom stereocenters. The van der Waals surface area contributed by atoms with Gasteiger partial charge in [0, 0.05) is 30.9 Å². The zero-order valence-electron chi connectivity index (χ0n) is 14.1. The van der Waals surface area contributed by atoms with Crippen molar-refractivity contribution in [3.8, 4) is 11.3 Å². The maximum absolute atomic E-state index is 5.39. The summed E-state index contributed by atoms with van der Waals surface area (Å²) in [7, 11) is 3.81. The molecule has 1 aliphatic carbocycles. The molecule has 3 heterocycles. The molecule has 0 amide bonds. The minimum absolute atomic E-state index is 0.826. The van der Waals surface area contributed by atoms with E-state index in [1.807, 2.05) is 13.0 Å². The van der Waals surface area contributed by atoms with E-state index in [1.165, 1.54) is 16.8 Å². The number of hydrogen-bond donors (Lipinski definition) is 1. The monoisotopic (exact) mass is 320 g/mol. The Hall–Kier alpha value is -2.82. The first-order chi connectivity index (χ1) is 11.7. The number of rotatable bonds is 2. The van der Waals surface area contributed by atoms with Gasteiger partial charge in [0.15, 0.2) is 5.65 Å². The van der Waals surface area contributed by atoms with Crippen LogP contribution in [-0.4, -0.2) is 26.6 Å². The van der Waals surface area contributed by atoms with E-state index in [9.17, 15) is 0 Å². The van der Waals surface area contributed by atoms with Gasteiger partial charge in [-0.2, -0.15) is 0 Å². The average molecular weight is 320 g/mol. The SMILES string of the molecule is COC1=CCc2c(-c3cc4nc(C)cnc4[nH]3)cn(C)c2C/C=C\1. The smallest absolute Gasteiger partial charge is 0.156 e. The summed E-state index contributed by atoms with van der Waals surface area (Å²) >= 11 is 0. The lowest BCUT2D eigenvalue weighted by Gasteiger charge is -2.09. The number of fused-ring (bicyclic) bond motifs is 2. The van der Waals surface area contributed by atoms with E-state index >= 15 is 0 Å². The Morgan fingerprint density at radius 1 is 1.29 bits per heavy atom. The molecule has 0 spiro atoms. The fourth-order valence-corrected chi connectivity index (χ4v) is 3.29. The molecule has 24 heavy (non-hydrogen) atoms. The number of H-pyrrole nitrogens is 1. The number of methoxy groups -OCH3 is 1. The third kappa shape index (κ3) is 2.42. The second-order valence-electron chi connectivity index (χ2n) is 6.13. The van der Waals surface area contributed by atoms with Gasteiger partial charge in [0.05, 0.1) is 24.7 Å². The zero-order chi connectivity index (χ0) is 16.7. The van der Waals surface area contributed by atoms with Crippen molar-refractivity contribution in [2.24, 2.45) is 7.05 Å². The maximum Gasteiger partial charge on any atom is 0.156 e. The van der Waals surface area contributed by atoms with Gasteiger partial charge >= 0.3 is 0 Å². The number of nitrogens with zero attached hydrogens (tertiary/aromatic N) is 3. The second-order valence-corrected chi connectivity index (χ2v) is 6.13. The van der Waals surface area contributed by atoms with Crippen LogP contribution in [0.4, 0.5) is 0 Å². The van der Waals surface area contributed by atoms with Crippen molar-refractivity contribution in [3.05, 3.63) is 59.4 Å². The Morgan fingerprint density at radius 3 is 3.00 bits per heavy atom. The number of aryl methyl sites for hydroxylation is 2. The molecule has 0 atom stereocenters. The first-order valence-corrected chi connectivity index (χ1v) is 8.06. The first-order valence-electron chi connectivity index (χ1n) is 8.06. The first kappa shape index (κ1) is 14.8. The van der Waals surface area contributed by atoms with Crippen LogP contribution in [0.15, 0.2) is 42.4 Å². The molecule has 4 rings (SSSR count). The van der Waals surface area contributed by atoms with Crippen LogP contribution in [-0.2, 0) is 24.6 Å². The standard InChI is InChI=1S/C19H20N4O/c1-12-10-20-19-17(21-12)9-16(22-19)15-11-23(2)18-6-4-5-13(24-3)7-8-14(15)18/h4-5,7,9-11H,6,8H2,1-3H3,(H,20,22)/b5-4-,13-7?. The van der Waals surface area contributed by atoms with Crippen LogP contribution in [0.3, 0.4) is 0 Å². The normalized spacial score (nSPS) is 15.5. The van der Waals surface area contributed by atoms with Crippen molar-refractivity contribution in [2.75, 3.05) is 7.11 Å². The molecule has 3 aromatic rings. The molecular formula is C19H20N4O. The highest BCUT2D eigenvalue weighted by molar-refractivity contribution is 5.81. The van der Waals surface area contributed by atoms with Crippen LogP contribution in [0.1, 0.15) is 17.0 Å². The predicted molar refractivity (Wildman–Crippen MR) is 94.7 cm³/mol. The molecule has 0 radical (unpaired) electrons. The molecule has 5 heteroatoms. The third-order valence-corrected chi connectivity index (χ3v) is 4.50. The van der Waals surface area contributed by atoms with Crippen molar-refractivity contribution in [1.29, 1.82) is 0 Å². The van der Waals surface area contributed by atoms with Gasteiger partial charge in [0.25, 0.3) is 0 Å². The summed E-state index contributed by atoms with van der Waals surface area (Å²) < 4.78 is 7.60. The predicted octanol–water partition coefficient (Wildman–Crippen LogP) is 3.46. The van der Waals surface area contributed by atoms with E-state index in [0.29, 0.717) is 0 Å². The van der Waals surface area contributed by atoms with E-state index in [-0.39, 0.29) is 0 Å². The van der Waals surface area contributed by atoms with E-state index in [2.05, 4.69) is 51.0 Å². The number of ether oxygens (including phenoxy) is 1. The minimum Gasteiger partial charge on any atom is -0.497 e. The van der Waals surface area contributed by atoms with Crippen molar-refractivity contribution in [1.82, 2.24) is 19.5 Å². The Balaban J connectivity index is 1.85. The number of allylic oxidation sites excluding steroid dienone is 3. The average Bonchev–Trinajstić information content (AvgIpc) is 3.08. The highest BCUT2D eigenvalue weighted by atomic mass is 16.5. The Morgan fingerprint density at radius 2 is 2.17 bits per heavy atom. The lowest BCUT2D eigenvalue weighted by molar-refractivity contribution is 0.305. The lowest BCUT2D eigenvalue weighted by Crippen LogP contribution is -2.00. The third-order valence-electron chi connectivity index (χ3n) is 4.50. The van der Waals surface area contributed by atoms with Crippen LogP contribution in [0.5, 0.6) is 0 Å². The number of hydrogen-bond acceptors (Lipinski definition) is 3. The van der Waals surface area contributed by atoms with Gasteiger partial charge in [-0.05, 0) is 37.1 Å². The Kier molecular flexibility index (Phi) is 3.49. The van der Waals surface area contributed by atoms with Gasteiger partial charge in [-0.25, -0.2) is 9.97 Å². The molecule has 3 aromatic heterocycles. The van der Waals surface area contributed by atoms with E-state index in [1.54, 1.807) is 13.3 Å². The molecule has 5 nitrogen and oxygen atoms in total.